The maximum Gasteiger partial charge on any atom is 0.277 e. The molecule has 0 spiro atoms. The van der Waals surface area contributed by atoms with Crippen molar-refractivity contribution in [3.8, 4) is 17.2 Å². The topological polar surface area (TPSA) is 48.2 Å². The first kappa shape index (κ1) is 14.7. The minimum absolute atomic E-state index is 0.255. The second-order valence-corrected chi connectivity index (χ2v) is 6.06. The van der Waals surface area contributed by atoms with Gasteiger partial charge in [-0.25, -0.2) is 0 Å². The minimum atomic E-state index is 0.255. The minimum Gasteiger partial charge on any atom is -0.497 e. The van der Waals surface area contributed by atoms with Gasteiger partial charge in [0.15, 0.2) is 0 Å². The summed E-state index contributed by atoms with van der Waals surface area (Å²) in [6.45, 7) is 2.12. The van der Waals surface area contributed by atoms with E-state index in [0.717, 1.165) is 11.3 Å². The molecule has 0 aliphatic carbocycles. The summed E-state index contributed by atoms with van der Waals surface area (Å²) in [5.74, 6) is 1.32. The Morgan fingerprint density at radius 3 is 2.41 bits per heavy atom. The Balaban J connectivity index is 1.73. The second-order valence-electron chi connectivity index (χ2n) is 4.77. The molecule has 112 valence electrons. The molecule has 0 bridgehead atoms. The van der Waals surface area contributed by atoms with Crippen LogP contribution in [0, 0.1) is 0 Å². The molecule has 3 rings (SSSR count). The number of nitrogens with zero attached hydrogens (tertiary/aromatic N) is 2. The summed E-state index contributed by atoms with van der Waals surface area (Å²) >= 11 is 1.55. The van der Waals surface area contributed by atoms with E-state index in [2.05, 4.69) is 29.3 Å². The molecule has 0 aliphatic heterocycles. The van der Waals surface area contributed by atoms with Gasteiger partial charge in [0.25, 0.3) is 5.22 Å². The first-order valence-corrected chi connectivity index (χ1v) is 7.84. The molecular weight excluding hydrogens is 296 g/mol. The van der Waals surface area contributed by atoms with Crippen molar-refractivity contribution >= 4 is 11.8 Å². The maximum absolute atomic E-state index is 5.74. The van der Waals surface area contributed by atoms with E-state index in [9.17, 15) is 0 Å². The normalized spacial score (nSPS) is 12.1. The number of hydrogen-bond donors (Lipinski definition) is 0. The molecular formula is C17H16N2O2S. The summed E-state index contributed by atoms with van der Waals surface area (Å²) < 4.78 is 10.9. The van der Waals surface area contributed by atoms with E-state index >= 15 is 0 Å². The van der Waals surface area contributed by atoms with Gasteiger partial charge in [-0.15, -0.1) is 10.2 Å². The Bertz CT molecular complexity index is 726. The number of aromatic nitrogens is 2. The quantitative estimate of drug-likeness (QED) is 0.644. The smallest absolute Gasteiger partial charge is 0.277 e. The zero-order valence-electron chi connectivity index (χ0n) is 12.4. The van der Waals surface area contributed by atoms with Crippen LogP contribution in [0.4, 0.5) is 0 Å². The zero-order chi connectivity index (χ0) is 15.4. The van der Waals surface area contributed by atoms with Crippen LogP contribution >= 0.6 is 11.8 Å². The molecule has 22 heavy (non-hydrogen) atoms. The lowest BCUT2D eigenvalue weighted by molar-refractivity contribution is 0.414. The van der Waals surface area contributed by atoms with Crippen LogP contribution in [0.3, 0.4) is 0 Å². The van der Waals surface area contributed by atoms with Crippen molar-refractivity contribution in [3.05, 3.63) is 60.2 Å². The first-order valence-electron chi connectivity index (χ1n) is 6.96. The fraction of sp³-hybridized carbons (Fsp3) is 0.176. The maximum atomic E-state index is 5.74. The summed E-state index contributed by atoms with van der Waals surface area (Å²) in [6, 6.07) is 17.8. The van der Waals surface area contributed by atoms with Crippen molar-refractivity contribution < 1.29 is 9.15 Å². The highest BCUT2D eigenvalue weighted by molar-refractivity contribution is 7.99. The first-order chi connectivity index (χ1) is 10.8. The van der Waals surface area contributed by atoms with E-state index in [0.29, 0.717) is 11.1 Å². The van der Waals surface area contributed by atoms with Crippen molar-refractivity contribution in [3.63, 3.8) is 0 Å². The third-order valence-corrected chi connectivity index (χ3v) is 4.28. The average Bonchev–Trinajstić information content (AvgIpc) is 3.04. The molecule has 0 amide bonds. The summed E-state index contributed by atoms with van der Waals surface area (Å²) in [7, 11) is 1.64. The van der Waals surface area contributed by atoms with Crippen molar-refractivity contribution in [2.24, 2.45) is 0 Å². The largest absolute Gasteiger partial charge is 0.497 e. The van der Waals surface area contributed by atoms with Crippen molar-refractivity contribution in [2.45, 2.75) is 17.4 Å². The fourth-order valence-electron chi connectivity index (χ4n) is 2.05. The third kappa shape index (κ3) is 3.31. The van der Waals surface area contributed by atoms with Crippen molar-refractivity contribution in [1.82, 2.24) is 10.2 Å². The molecule has 0 fully saturated rings. The molecule has 2 aromatic carbocycles. The lowest BCUT2D eigenvalue weighted by Gasteiger charge is -2.07. The highest BCUT2D eigenvalue weighted by Gasteiger charge is 2.14. The van der Waals surface area contributed by atoms with Gasteiger partial charge in [-0.1, -0.05) is 42.1 Å². The number of rotatable bonds is 5. The van der Waals surface area contributed by atoms with E-state index < -0.39 is 0 Å². The molecule has 0 saturated heterocycles. The lowest BCUT2D eigenvalue weighted by atomic mass is 10.2. The van der Waals surface area contributed by atoms with Gasteiger partial charge in [-0.05, 0) is 36.8 Å². The van der Waals surface area contributed by atoms with Gasteiger partial charge in [-0.2, -0.15) is 0 Å². The van der Waals surface area contributed by atoms with Crippen LogP contribution in [-0.2, 0) is 0 Å². The molecule has 5 heteroatoms. The standard InChI is InChI=1S/C17H16N2O2S/c1-12(13-6-4-3-5-7-13)22-17-19-18-16(21-17)14-8-10-15(20-2)11-9-14/h3-12H,1-2H3/t12-/m1/s1. The summed E-state index contributed by atoms with van der Waals surface area (Å²) in [4.78, 5) is 0. The van der Waals surface area contributed by atoms with Gasteiger partial charge in [-0.3, -0.25) is 0 Å². The van der Waals surface area contributed by atoms with Gasteiger partial charge in [0, 0.05) is 10.8 Å². The number of methoxy groups -OCH3 is 1. The monoisotopic (exact) mass is 312 g/mol. The SMILES string of the molecule is COc1ccc(-c2nnc(S[C@H](C)c3ccccc3)o2)cc1. The molecule has 0 saturated carbocycles. The number of hydrogen-bond acceptors (Lipinski definition) is 5. The van der Waals surface area contributed by atoms with Crippen LogP contribution < -0.4 is 4.74 Å². The highest BCUT2D eigenvalue weighted by Crippen LogP contribution is 2.35. The average molecular weight is 312 g/mol. The Labute approximate surface area is 133 Å². The van der Waals surface area contributed by atoms with Gasteiger partial charge < -0.3 is 9.15 Å². The molecule has 0 aliphatic rings. The molecule has 1 heterocycles. The number of thioether (sulfide) groups is 1. The highest BCUT2D eigenvalue weighted by atomic mass is 32.2. The van der Waals surface area contributed by atoms with Gasteiger partial charge in [0.2, 0.25) is 5.89 Å². The van der Waals surface area contributed by atoms with Crippen LogP contribution in [0.5, 0.6) is 5.75 Å². The van der Waals surface area contributed by atoms with Crippen molar-refractivity contribution in [1.29, 1.82) is 0 Å². The third-order valence-electron chi connectivity index (χ3n) is 3.29. The summed E-state index contributed by atoms with van der Waals surface area (Å²) in [5.41, 5.74) is 2.12. The van der Waals surface area contributed by atoms with E-state index in [-0.39, 0.29) is 5.25 Å². The Hall–Kier alpha value is -2.27. The van der Waals surface area contributed by atoms with Crippen molar-refractivity contribution in [2.75, 3.05) is 7.11 Å². The van der Waals surface area contributed by atoms with Crippen LogP contribution in [0.15, 0.2) is 64.2 Å². The Morgan fingerprint density at radius 2 is 1.73 bits per heavy atom. The van der Waals surface area contributed by atoms with E-state index in [1.807, 2.05) is 42.5 Å². The fourth-order valence-corrected chi connectivity index (χ4v) is 2.86. The van der Waals surface area contributed by atoms with Crippen LogP contribution in [0.2, 0.25) is 0 Å². The zero-order valence-corrected chi connectivity index (χ0v) is 13.2. The van der Waals surface area contributed by atoms with E-state index in [1.54, 1.807) is 18.9 Å². The van der Waals surface area contributed by atoms with Gasteiger partial charge in [0.05, 0.1) is 7.11 Å². The molecule has 1 atom stereocenters. The number of ether oxygens (including phenoxy) is 1. The molecule has 0 N–H and O–H groups in total. The van der Waals surface area contributed by atoms with Crippen LogP contribution in [-0.4, -0.2) is 17.3 Å². The van der Waals surface area contributed by atoms with E-state index in [1.165, 1.54) is 5.56 Å². The Kier molecular flexibility index (Phi) is 4.44. The van der Waals surface area contributed by atoms with Gasteiger partial charge in [0.1, 0.15) is 5.75 Å². The lowest BCUT2D eigenvalue weighted by Crippen LogP contribution is -1.87. The van der Waals surface area contributed by atoms with E-state index in [4.69, 9.17) is 9.15 Å². The molecule has 3 aromatic rings. The van der Waals surface area contributed by atoms with Crippen LogP contribution in [0.25, 0.3) is 11.5 Å². The van der Waals surface area contributed by atoms with Crippen LogP contribution in [0.1, 0.15) is 17.7 Å². The molecule has 4 nitrogen and oxygen atoms in total. The molecule has 1 aromatic heterocycles. The summed E-state index contributed by atoms with van der Waals surface area (Å²) in [5, 5.41) is 9.05. The number of benzene rings is 2. The summed E-state index contributed by atoms with van der Waals surface area (Å²) in [6.07, 6.45) is 0. The molecule has 0 radical (unpaired) electrons. The second kappa shape index (κ2) is 6.66. The predicted molar refractivity (Wildman–Crippen MR) is 87.0 cm³/mol. The molecule has 0 unspecified atom stereocenters. The van der Waals surface area contributed by atoms with Gasteiger partial charge >= 0.3 is 0 Å². The Morgan fingerprint density at radius 1 is 1.00 bits per heavy atom. The predicted octanol–water partition coefficient (Wildman–Crippen LogP) is 4.60.